The van der Waals surface area contributed by atoms with Crippen LogP contribution in [0.2, 0.25) is 0 Å². The summed E-state index contributed by atoms with van der Waals surface area (Å²) in [6, 6.07) is 0. The van der Waals surface area contributed by atoms with Gasteiger partial charge in [-0.2, -0.15) is 0 Å². The van der Waals surface area contributed by atoms with Gasteiger partial charge in [-0.15, -0.1) is 0 Å². The lowest BCUT2D eigenvalue weighted by Gasteiger charge is -2.18. The molecule has 358 valence electrons. The summed E-state index contributed by atoms with van der Waals surface area (Å²) in [6.45, 7) is 7.30. The third-order valence-corrected chi connectivity index (χ3v) is 9.86. The molecule has 0 rings (SSSR count). The van der Waals surface area contributed by atoms with Crippen molar-refractivity contribution in [3.05, 3.63) is 146 Å². The first-order valence-corrected chi connectivity index (χ1v) is 25.4. The van der Waals surface area contributed by atoms with Crippen molar-refractivity contribution in [1.82, 2.24) is 0 Å². The van der Waals surface area contributed by atoms with E-state index in [4.69, 9.17) is 14.2 Å². The predicted octanol–water partition coefficient (Wildman–Crippen LogP) is 17.3. The highest BCUT2D eigenvalue weighted by Crippen LogP contribution is 2.11. The van der Waals surface area contributed by atoms with Gasteiger partial charge in [0.15, 0.2) is 6.10 Å². The van der Waals surface area contributed by atoms with E-state index < -0.39 is 6.10 Å². The summed E-state index contributed by atoms with van der Waals surface area (Å²) in [6.07, 6.45) is 77.4. The number of unbranched alkanes of at least 4 members (excludes halogenated alkanes) is 9. The van der Waals surface area contributed by atoms with Gasteiger partial charge in [-0.3, -0.25) is 9.59 Å². The van der Waals surface area contributed by atoms with Crippen molar-refractivity contribution in [3.63, 3.8) is 0 Å². The lowest BCUT2D eigenvalue weighted by molar-refractivity contribution is -0.162. The maximum absolute atomic E-state index is 12.7. The molecule has 5 heteroatoms. The zero-order valence-electron chi connectivity index (χ0n) is 41.0. The highest BCUT2D eigenvalue weighted by atomic mass is 16.6. The van der Waals surface area contributed by atoms with Crippen molar-refractivity contribution in [1.29, 1.82) is 0 Å². The second-order valence-corrected chi connectivity index (χ2v) is 15.9. The molecule has 0 fully saturated rings. The summed E-state index contributed by atoms with van der Waals surface area (Å²) in [5, 5.41) is 0. The van der Waals surface area contributed by atoms with Crippen LogP contribution in [0.5, 0.6) is 0 Å². The Morgan fingerprint density at radius 1 is 0.344 bits per heavy atom. The Labute approximate surface area is 393 Å². The molecule has 0 spiro atoms. The summed E-state index contributed by atoms with van der Waals surface area (Å²) < 4.78 is 17.3. The minimum absolute atomic E-state index is 0.0139. The number of esters is 2. The maximum Gasteiger partial charge on any atom is 0.306 e. The molecule has 0 aromatic heterocycles. The van der Waals surface area contributed by atoms with E-state index in [0.29, 0.717) is 25.9 Å². The van der Waals surface area contributed by atoms with Gasteiger partial charge in [-0.25, -0.2) is 0 Å². The SMILES string of the molecule is CC/C=C\C/C=C\C/C=C\C/C=C\C/C=C\CCCC(=O)OCC(COCCCCCCCCCC/C=C\C/C=C\C/C=C\CC)OC(=O)CC/C=C\C/C=C\C/C=C\C/C=C\CC. The molecular weight excluding hydrogens is 789 g/mol. The summed E-state index contributed by atoms with van der Waals surface area (Å²) in [4.78, 5) is 25.3. The van der Waals surface area contributed by atoms with E-state index in [9.17, 15) is 9.59 Å². The summed E-state index contributed by atoms with van der Waals surface area (Å²) in [5.41, 5.74) is 0. The Morgan fingerprint density at radius 2 is 0.688 bits per heavy atom. The Balaban J connectivity index is 4.47. The van der Waals surface area contributed by atoms with Crippen molar-refractivity contribution < 1.29 is 23.8 Å². The fourth-order valence-electron chi connectivity index (χ4n) is 6.22. The second-order valence-electron chi connectivity index (χ2n) is 15.9. The molecule has 0 bridgehead atoms. The highest BCUT2D eigenvalue weighted by molar-refractivity contribution is 5.70. The fraction of sp³-hybridized carbons (Fsp3) is 0.559. The van der Waals surface area contributed by atoms with Gasteiger partial charge in [0.05, 0.1) is 6.61 Å². The van der Waals surface area contributed by atoms with E-state index in [-0.39, 0.29) is 31.6 Å². The number of allylic oxidation sites excluding steroid dienone is 24. The van der Waals surface area contributed by atoms with Gasteiger partial charge in [0.2, 0.25) is 0 Å². The van der Waals surface area contributed by atoms with Crippen LogP contribution in [-0.2, 0) is 23.8 Å². The lowest BCUT2D eigenvalue weighted by Crippen LogP contribution is -2.30. The minimum Gasteiger partial charge on any atom is -0.462 e. The Hall–Kier alpha value is -4.22. The number of ether oxygens (including phenoxy) is 3. The third kappa shape index (κ3) is 50.4. The molecular formula is C59H92O5. The van der Waals surface area contributed by atoms with Crippen LogP contribution >= 0.6 is 0 Å². The van der Waals surface area contributed by atoms with Crippen LogP contribution in [-0.4, -0.2) is 37.9 Å². The molecule has 64 heavy (non-hydrogen) atoms. The van der Waals surface area contributed by atoms with Crippen LogP contribution in [0, 0.1) is 0 Å². The summed E-state index contributed by atoms with van der Waals surface area (Å²) >= 11 is 0. The van der Waals surface area contributed by atoms with E-state index in [0.717, 1.165) is 96.3 Å². The molecule has 0 aromatic carbocycles. The summed E-state index contributed by atoms with van der Waals surface area (Å²) in [5.74, 6) is -0.576. The monoisotopic (exact) mass is 881 g/mol. The van der Waals surface area contributed by atoms with E-state index in [1.54, 1.807) is 0 Å². The summed E-state index contributed by atoms with van der Waals surface area (Å²) in [7, 11) is 0. The molecule has 0 heterocycles. The van der Waals surface area contributed by atoms with Crippen LogP contribution in [0.15, 0.2) is 146 Å². The average Bonchev–Trinajstić information content (AvgIpc) is 3.30. The number of carbonyl (C=O) groups excluding carboxylic acids is 2. The van der Waals surface area contributed by atoms with Crippen LogP contribution < -0.4 is 0 Å². The predicted molar refractivity (Wildman–Crippen MR) is 278 cm³/mol. The fourth-order valence-corrected chi connectivity index (χ4v) is 6.22. The Bertz CT molecular complexity index is 1410. The van der Waals surface area contributed by atoms with Gasteiger partial charge < -0.3 is 14.2 Å². The van der Waals surface area contributed by atoms with Crippen LogP contribution in [0.4, 0.5) is 0 Å². The molecule has 1 atom stereocenters. The molecule has 0 saturated carbocycles. The molecule has 0 amide bonds. The molecule has 0 aliphatic heterocycles. The average molecular weight is 881 g/mol. The normalized spacial score (nSPS) is 13.5. The van der Waals surface area contributed by atoms with E-state index in [1.165, 1.54) is 44.9 Å². The minimum atomic E-state index is -0.612. The van der Waals surface area contributed by atoms with Crippen molar-refractivity contribution in [2.45, 2.75) is 194 Å². The van der Waals surface area contributed by atoms with Gasteiger partial charge in [-0.05, 0) is 116 Å². The van der Waals surface area contributed by atoms with E-state index in [1.807, 2.05) is 6.08 Å². The van der Waals surface area contributed by atoms with E-state index >= 15 is 0 Å². The zero-order valence-corrected chi connectivity index (χ0v) is 41.0. The van der Waals surface area contributed by atoms with Gasteiger partial charge >= 0.3 is 11.9 Å². The molecule has 0 aromatic rings. The van der Waals surface area contributed by atoms with Crippen molar-refractivity contribution in [3.8, 4) is 0 Å². The van der Waals surface area contributed by atoms with Gasteiger partial charge in [0.25, 0.3) is 0 Å². The Morgan fingerprint density at radius 3 is 1.11 bits per heavy atom. The van der Waals surface area contributed by atoms with Crippen LogP contribution in [0.1, 0.15) is 188 Å². The topological polar surface area (TPSA) is 61.8 Å². The molecule has 5 nitrogen and oxygen atoms in total. The number of hydrogen-bond donors (Lipinski definition) is 0. The second kappa shape index (κ2) is 53.1. The molecule has 0 aliphatic rings. The first-order chi connectivity index (χ1) is 31.6. The van der Waals surface area contributed by atoms with E-state index in [2.05, 4.69) is 161 Å². The lowest BCUT2D eigenvalue weighted by atomic mass is 10.1. The standard InChI is InChI=1S/C59H92O5/c1-4-7-10-13-16-19-22-25-27-29-31-33-36-39-42-45-48-51-54-62-55-57(64-59(61)53-50-47-44-41-38-34-24-21-18-15-12-9-6-3)56-63-58(60)52-49-46-43-40-37-35-32-30-28-26-23-20-17-14-11-8-5-2/h7-12,16-21,25-28,32,34-35,38,40,43-44,47,57H,4-6,13-15,22-24,29-31,33,36-37,39,41-42,45-46,48-56H2,1-3H3/b10-7-,11-8-,12-9-,19-16-,20-17-,21-18-,27-25-,28-26-,35-32-,38-34-,43-40-,47-44-. The van der Waals surface area contributed by atoms with Crippen LogP contribution in [0.25, 0.3) is 0 Å². The smallest absolute Gasteiger partial charge is 0.306 e. The van der Waals surface area contributed by atoms with Crippen molar-refractivity contribution in [2.24, 2.45) is 0 Å². The Kier molecular flexibility index (Phi) is 49.6. The van der Waals surface area contributed by atoms with Gasteiger partial charge in [0, 0.05) is 19.4 Å². The molecule has 0 radical (unpaired) electrons. The largest absolute Gasteiger partial charge is 0.462 e. The zero-order chi connectivity index (χ0) is 46.3. The quantitative estimate of drug-likeness (QED) is 0.0347. The maximum atomic E-state index is 12.7. The van der Waals surface area contributed by atoms with Crippen molar-refractivity contribution >= 4 is 11.9 Å². The van der Waals surface area contributed by atoms with Crippen molar-refractivity contribution in [2.75, 3.05) is 19.8 Å². The first-order valence-electron chi connectivity index (χ1n) is 25.4. The molecule has 0 saturated heterocycles. The van der Waals surface area contributed by atoms with Gasteiger partial charge in [0.1, 0.15) is 6.61 Å². The number of carbonyl (C=O) groups is 2. The number of hydrogen-bond acceptors (Lipinski definition) is 5. The number of rotatable bonds is 44. The van der Waals surface area contributed by atoms with Gasteiger partial charge in [-0.1, -0.05) is 205 Å². The molecule has 1 unspecified atom stereocenters. The molecule has 0 N–H and O–H groups in total. The first kappa shape index (κ1) is 59.8. The molecule has 0 aliphatic carbocycles. The third-order valence-electron chi connectivity index (χ3n) is 9.86. The van der Waals surface area contributed by atoms with Crippen LogP contribution in [0.3, 0.4) is 0 Å². The highest BCUT2D eigenvalue weighted by Gasteiger charge is 2.17.